The Morgan fingerprint density at radius 3 is 2.24 bits per heavy atom. The number of carboxylic acid groups (broad SMARTS) is 1. The van der Waals surface area contributed by atoms with Crippen molar-refractivity contribution in [3.8, 4) is 11.5 Å². The number of hydrogen-bond acceptors (Lipinski definition) is 5. The minimum atomic E-state index is -4.04. The number of carbonyl (C=O) groups is 2. The highest BCUT2D eigenvalue weighted by Gasteiger charge is 2.19. The normalized spacial score (nSPS) is 11.0. The molecule has 0 aliphatic heterocycles. The summed E-state index contributed by atoms with van der Waals surface area (Å²) >= 11 is 12.1. The minimum Gasteiger partial charge on any atom is -0.481 e. The summed E-state index contributed by atoms with van der Waals surface area (Å²) in [5.74, 6) is -1.19. The predicted octanol–water partition coefficient (Wildman–Crippen LogP) is 4.57. The largest absolute Gasteiger partial charge is 0.481 e. The molecule has 172 valence electrons. The fourth-order valence-corrected chi connectivity index (χ4v) is 4.26. The SMILES string of the molecule is CNC(=O)c1ccc(Oc2ccc(CC(=O)O)cc2Cl)c(NS(=O)(=O)c2ccc(Cl)cc2)c1. The van der Waals surface area contributed by atoms with Crippen LogP contribution in [0.5, 0.6) is 11.5 Å². The van der Waals surface area contributed by atoms with Crippen LogP contribution in [-0.2, 0) is 21.2 Å². The van der Waals surface area contributed by atoms with Gasteiger partial charge in [0.25, 0.3) is 15.9 Å². The summed E-state index contributed by atoms with van der Waals surface area (Å²) < 4.78 is 34.0. The van der Waals surface area contributed by atoms with E-state index < -0.39 is 21.9 Å². The number of aliphatic carboxylic acids is 1. The van der Waals surface area contributed by atoms with Gasteiger partial charge in [0.05, 0.1) is 22.0 Å². The maximum atomic E-state index is 12.9. The Labute approximate surface area is 200 Å². The van der Waals surface area contributed by atoms with Crippen LogP contribution < -0.4 is 14.8 Å². The van der Waals surface area contributed by atoms with E-state index in [0.29, 0.717) is 10.6 Å². The van der Waals surface area contributed by atoms with E-state index in [4.69, 9.17) is 33.0 Å². The second-order valence-electron chi connectivity index (χ2n) is 6.79. The highest BCUT2D eigenvalue weighted by Crippen LogP contribution is 2.36. The van der Waals surface area contributed by atoms with E-state index in [-0.39, 0.29) is 39.1 Å². The summed E-state index contributed by atoms with van der Waals surface area (Å²) in [5, 5.41) is 11.9. The third-order valence-electron chi connectivity index (χ3n) is 4.41. The molecule has 0 bridgehead atoms. The van der Waals surface area contributed by atoms with Crippen LogP contribution in [0.2, 0.25) is 10.0 Å². The third-order valence-corrected chi connectivity index (χ3v) is 6.34. The third kappa shape index (κ3) is 6.16. The number of rotatable bonds is 8. The topological polar surface area (TPSA) is 122 Å². The average Bonchev–Trinajstić information content (AvgIpc) is 2.75. The lowest BCUT2D eigenvalue weighted by Crippen LogP contribution is -2.19. The molecule has 0 heterocycles. The molecule has 0 aromatic heterocycles. The second-order valence-corrected chi connectivity index (χ2v) is 9.31. The summed E-state index contributed by atoms with van der Waals surface area (Å²) in [6.07, 6.45) is -0.215. The highest BCUT2D eigenvalue weighted by atomic mass is 35.5. The van der Waals surface area contributed by atoms with Crippen molar-refractivity contribution in [1.82, 2.24) is 5.32 Å². The molecule has 0 spiro atoms. The van der Waals surface area contributed by atoms with Crippen molar-refractivity contribution in [3.05, 3.63) is 81.8 Å². The first-order chi connectivity index (χ1) is 15.6. The van der Waals surface area contributed by atoms with E-state index in [0.717, 1.165) is 0 Å². The van der Waals surface area contributed by atoms with Gasteiger partial charge < -0.3 is 15.2 Å². The highest BCUT2D eigenvalue weighted by molar-refractivity contribution is 7.92. The number of carboxylic acids is 1. The molecule has 3 rings (SSSR count). The summed E-state index contributed by atoms with van der Waals surface area (Å²) in [6.45, 7) is 0. The van der Waals surface area contributed by atoms with Gasteiger partial charge in [-0.2, -0.15) is 0 Å². The molecule has 0 aliphatic carbocycles. The van der Waals surface area contributed by atoms with Crippen LogP contribution in [-0.4, -0.2) is 32.4 Å². The number of nitrogens with one attached hydrogen (secondary N) is 2. The van der Waals surface area contributed by atoms with Crippen LogP contribution in [0, 0.1) is 0 Å². The van der Waals surface area contributed by atoms with Crippen molar-refractivity contribution < 1.29 is 27.9 Å². The Morgan fingerprint density at radius 2 is 1.64 bits per heavy atom. The molecule has 1 amide bonds. The zero-order valence-electron chi connectivity index (χ0n) is 17.1. The molecule has 8 nitrogen and oxygen atoms in total. The number of hydrogen-bond donors (Lipinski definition) is 3. The van der Waals surface area contributed by atoms with Gasteiger partial charge in [0.15, 0.2) is 5.75 Å². The smallest absolute Gasteiger partial charge is 0.307 e. The lowest BCUT2D eigenvalue weighted by molar-refractivity contribution is -0.136. The van der Waals surface area contributed by atoms with Gasteiger partial charge in [0, 0.05) is 17.6 Å². The van der Waals surface area contributed by atoms with Gasteiger partial charge in [-0.25, -0.2) is 8.42 Å². The van der Waals surface area contributed by atoms with Crippen molar-refractivity contribution >= 4 is 50.8 Å². The molecular formula is C22H18Cl2N2O6S. The van der Waals surface area contributed by atoms with Crippen LogP contribution in [0.15, 0.2) is 65.6 Å². The first-order valence-electron chi connectivity index (χ1n) is 9.41. The molecule has 3 aromatic rings. The Bertz CT molecular complexity index is 1310. The summed E-state index contributed by atoms with van der Waals surface area (Å²) in [6, 6.07) is 14.2. The maximum absolute atomic E-state index is 12.9. The summed E-state index contributed by atoms with van der Waals surface area (Å²) in [4.78, 5) is 22.9. The van der Waals surface area contributed by atoms with Crippen LogP contribution in [0.25, 0.3) is 0 Å². The number of anilines is 1. The van der Waals surface area contributed by atoms with E-state index in [2.05, 4.69) is 10.0 Å². The van der Waals surface area contributed by atoms with Crippen LogP contribution in [0.1, 0.15) is 15.9 Å². The van der Waals surface area contributed by atoms with Crippen molar-refractivity contribution in [2.24, 2.45) is 0 Å². The molecule has 0 atom stereocenters. The molecule has 0 saturated heterocycles. The Kier molecular flexibility index (Phi) is 7.47. The average molecular weight is 509 g/mol. The number of ether oxygens (including phenoxy) is 1. The first-order valence-corrected chi connectivity index (χ1v) is 11.7. The van der Waals surface area contributed by atoms with Crippen molar-refractivity contribution in [2.75, 3.05) is 11.8 Å². The summed E-state index contributed by atoms with van der Waals surface area (Å²) in [5.41, 5.74) is 0.664. The molecule has 0 radical (unpaired) electrons. The van der Waals surface area contributed by atoms with Gasteiger partial charge in [0.2, 0.25) is 0 Å². The minimum absolute atomic E-state index is 0.00303. The molecule has 3 aromatic carbocycles. The van der Waals surface area contributed by atoms with Gasteiger partial charge >= 0.3 is 5.97 Å². The van der Waals surface area contributed by atoms with Crippen molar-refractivity contribution in [2.45, 2.75) is 11.3 Å². The molecule has 0 fully saturated rings. The van der Waals surface area contributed by atoms with Gasteiger partial charge in [-0.1, -0.05) is 29.3 Å². The van der Waals surface area contributed by atoms with E-state index in [1.807, 2.05) is 0 Å². The number of amides is 1. The maximum Gasteiger partial charge on any atom is 0.307 e. The van der Waals surface area contributed by atoms with Crippen LogP contribution in [0.3, 0.4) is 0 Å². The first kappa shape index (κ1) is 24.4. The van der Waals surface area contributed by atoms with E-state index in [1.54, 1.807) is 0 Å². The molecular weight excluding hydrogens is 491 g/mol. The van der Waals surface area contributed by atoms with Gasteiger partial charge in [-0.05, 0) is 60.2 Å². The number of carbonyl (C=O) groups excluding carboxylic acids is 1. The number of sulfonamides is 1. The zero-order chi connectivity index (χ0) is 24.2. The van der Waals surface area contributed by atoms with Crippen molar-refractivity contribution in [1.29, 1.82) is 0 Å². The molecule has 0 aliphatic rings. The fourth-order valence-electron chi connectivity index (χ4n) is 2.83. The quantitative estimate of drug-likeness (QED) is 0.409. The molecule has 0 unspecified atom stereocenters. The monoisotopic (exact) mass is 508 g/mol. The molecule has 3 N–H and O–H groups in total. The number of benzene rings is 3. The Balaban J connectivity index is 1.99. The fraction of sp³-hybridized carbons (Fsp3) is 0.0909. The van der Waals surface area contributed by atoms with E-state index in [9.17, 15) is 18.0 Å². The van der Waals surface area contributed by atoms with Crippen LogP contribution in [0.4, 0.5) is 5.69 Å². The zero-order valence-corrected chi connectivity index (χ0v) is 19.5. The Hall–Kier alpha value is -3.27. The van der Waals surface area contributed by atoms with E-state index in [1.165, 1.54) is 67.7 Å². The van der Waals surface area contributed by atoms with Gasteiger partial charge in [-0.15, -0.1) is 0 Å². The molecule has 11 heteroatoms. The lowest BCUT2D eigenvalue weighted by atomic mass is 10.1. The molecule has 0 saturated carbocycles. The lowest BCUT2D eigenvalue weighted by Gasteiger charge is -2.16. The molecule has 33 heavy (non-hydrogen) atoms. The van der Waals surface area contributed by atoms with Crippen molar-refractivity contribution in [3.63, 3.8) is 0 Å². The Morgan fingerprint density at radius 1 is 0.970 bits per heavy atom. The predicted molar refractivity (Wildman–Crippen MR) is 125 cm³/mol. The summed E-state index contributed by atoms with van der Waals surface area (Å²) in [7, 11) is -2.60. The van der Waals surface area contributed by atoms with Gasteiger partial charge in [0.1, 0.15) is 5.75 Å². The number of halogens is 2. The van der Waals surface area contributed by atoms with E-state index >= 15 is 0 Å². The second kappa shape index (κ2) is 10.1. The van der Waals surface area contributed by atoms with Gasteiger partial charge in [-0.3, -0.25) is 14.3 Å². The van der Waals surface area contributed by atoms with Crippen LogP contribution >= 0.6 is 23.2 Å². The standard InChI is InChI=1S/C22H18Cl2N2O6S/c1-25-22(29)14-3-9-20(32-19-8-2-13(10-17(19)24)11-21(27)28)18(12-14)26-33(30,31)16-6-4-15(23)5-7-16/h2-10,12,26H,11H2,1H3,(H,25,29)(H,27,28).